The summed E-state index contributed by atoms with van der Waals surface area (Å²) < 4.78 is 55.6. The van der Waals surface area contributed by atoms with Crippen molar-refractivity contribution in [1.82, 2.24) is 0 Å². The van der Waals surface area contributed by atoms with E-state index in [0.717, 1.165) is 41.2 Å². The van der Waals surface area contributed by atoms with Gasteiger partial charge in [0.2, 0.25) is 0 Å². The van der Waals surface area contributed by atoms with Crippen LogP contribution in [0.15, 0.2) is 99.5 Å². The summed E-state index contributed by atoms with van der Waals surface area (Å²) in [5, 5.41) is 19.8. The summed E-state index contributed by atoms with van der Waals surface area (Å²) in [6.07, 6.45) is 4.59. The standard InChI is InChI=1S/C70H80N2O20S2/c1-10-55(74)85-39-69(6,7)41-87-58(77)29-24-50(73)38-83-37-44-14-27-52(28-15-44)90-64(80)45-16-20-47(21-17-45)65(81)91-54-34-53(68(3,4)5)60(62-61(54)93-67(94-62)49(35-71)36-72)92-66(82)48-22-18-46(19-23-48)63(79)89-51-25-12-43(13-26-51)32-33-84-57(76)30-31-59(78)88-42-70(8,9)40-86-56(75)11-2/h10-15,25-28,34,45-48H,1-2,16-24,29-33,37-42H2,3-9H3. The molecule has 0 spiro atoms. The van der Waals surface area contributed by atoms with Crippen LogP contribution in [0.5, 0.6) is 23.0 Å². The highest BCUT2D eigenvalue weighted by Crippen LogP contribution is 2.61. The number of Topliss-reactive ketones (excluding diaryl/α,β-unsaturated/α-hetero) is 1. The van der Waals surface area contributed by atoms with Crippen molar-refractivity contribution >= 4 is 83.0 Å². The first-order valence-corrected chi connectivity index (χ1v) is 32.5. The zero-order valence-corrected chi connectivity index (χ0v) is 55.7. The lowest BCUT2D eigenvalue weighted by molar-refractivity contribution is -0.154. The van der Waals surface area contributed by atoms with Crippen molar-refractivity contribution in [1.29, 1.82) is 10.5 Å². The summed E-state index contributed by atoms with van der Waals surface area (Å²) in [7, 11) is 0. The van der Waals surface area contributed by atoms with Crippen LogP contribution < -0.4 is 18.9 Å². The number of thioether (sulfide) groups is 2. The lowest BCUT2D eigenvalue weighted by Gasteiger charge is -2.29. The minimum Gasteiger partial charge on any atom is -0.465 e. The lowest BCUT2D eigenvalue weighted by atomic mass is 9.82. The van der Waals surface area contributed by atoms with E-state index in [1.54, 1.807) is 82.3 Å². The highest BCUT2D eigenvalue weighted by Gasteiger charge is 2.40. The van der Waals surface area contributed by atoms with E-state index < -0.39 is 93.6 Å². The Hall–Kier alpha value is -8.58. The molecule has 6 rings (SSSR count). The Morgan fingerprint density at radius 3 is 1.37 bits per heavy atom. The molecule has 0 aromatic heterocycles. The molecule has 0 unspecified atom stereocenters. The largest absolute Gasteiger partial charge is 0.465 e. The normalized spacial score (nSPS) is 16.8. The predicted octanol–water partition coefficient (Wildman–Crippen LogP) is 11.4. The molecular weight excluding hydrogens is 1250 g/mol. The van der Waals surface area contributed by atoms with Gasteiger partial charge < -0.3 is 47.4 Å². The van der Waals surface area contributed by atoms with Crippen molar-refractivity contribution in [2.24, 2.45) is 34.5 Å². The molecule has 2 aliphatic carbocycles. The molecular formula is C70H80N2O20S2. The van der Waals surface area contributed by atoms with E-state index in [0.29, 0.717) is 94.4 Å². The average Bonchev–Trinajstić information content (AvgIpc) is 1.54. The molecule has 0 amide bonds. The summed E-state index contributed by atoms with van der Waals surface area (Å²) in [6, 6.07) is 18.9. The Morgan fingerprint density at radius 2 is 0.926 bits per heavy atom. The predicted molar refractivity (Wildman–Crippen MR) is 341 cm³/mol. The van der Waals surface area contributed by atoms with Gasteiger partial charge in [-0.05, 0) is 98.2 Å². The second-order valence-corrected chi connectivity index (χ2v) is 27.9. The van der Waals surface area contributed by atoms with Gasteiger partial charge in [0.25, 0.3) is 0 Å². The molecule has 3 aromatic rings. The molecule has 502 valence electrons. The van der Waals surface area contributed by atoms with Crippen molar-refractivity contribution < 1.29 is 95.3 Å². The summed E-state index contributed by atoms with van der Waals surface area (Å²) in [5.74, 6) is -6.27. The maximum Gasteiger partial charge on any atom is 0.330 e. The van der Waals surface area contributed by atoms with Gasteiger partial charge in [-0.25, -0.2) is 9.59 Å². The number of fused-ring (bicyclic) bond motifs is 1. The molecule has 94 heavy (non-hydrogen) atoms. The summed E-state index contributed by atoms with van der Waals surface area (Å²) in [6.45, 7) is 19.4. The fourth-order valence-corrected chi connectivity index (χ4v) is 12.3. The van der Waals surface area contributed by atoms with E-state index in [9.17, 15) is 58.5 Å². The number of esters is 9. The Balaban J connectivity index is 0.948. The third-order valence-corrected chi connectivity index (χ3v) is 18.0. The molecule has 1 aliphatic heterocycles. The van der Waals surface area contributed by atoms with Gasteiger partial charge in [0, 0.05) is 41.4 Å². The molecule has 0 radical (unpaired) electrons. The summed E-state index contributed by atoms with van der Waals surface area (Å²) in [4.78, 5) is 128. The van der Waals surface area contributed by atoms with Crippen LogP contribution in [-0.2, 0) is 94.8 Å². The van der Waals surface area contributed by atoms with Crippen LogP contribution in [0.1, 0.15) is 142 Å². The number of hydrogen-bond acceptors (Lipinski definition) is 24. The third-order valence-electron chi connectivity index (χ3n) is 15.4. The molecule has 3 aromatic carbocycles. The highest BCUT2D eigenvalue weighted by atomic mass is 32.2. The molecule has 0 atom stereocenters. The number of benzene rings is 3. The van der Waals surface area contributed by atoms with E-state index in [-0.39, 0.29) is 94.8 Å². The van der Waals surface area contributed by atoms with Gasteiger partial charge in [-0.15, -0.1) is 0 Å². The number of rotatable bonds is 31. The van der Waals surface area contributed by atoms with E-state index >= 15 is 0 Å². The van der Waals surface area contributed by atoms with Crippen molar-refractivity contribution in [3.05, 3.63) is 106 Å². The van der Waals surface area contributed by atoms with Gasteiger partial charge in [-0.1, -0.05) is 109 Å². The van der Waals surface area contributed by atoms with Gasteiger partial charge >= 0.3 is 53.7 Å². The molecule has 0 bridgehead atoms. The van der Waals surface area contributed by atoms with Crippen LogP contribution in [0, 0.1) is 57.2 Å². The molecule has 1 heterocycles. The molecule has 2 saturated carbocycles. The van der Waals surface area contributed by atoms with E-state index in [4.69, 9.17) is 47.4 Å². The number of nitriles is 2. The zero-order chi connectivity index (χ0) is 68.8. The third kappa shape index (κ3) is 23.5. The number of hydrogen-bond donors (Lipinski definition) is 0. The monoisotopic (exact) mass is 1330 g/mol. The molecule has 0 saturated heterocycles. The number of allylic oxidation sites excluding steroid dienone is 1. The Morgan fingerprint density at radius 1 is 0.521 bits per heavy atom. The van der Waals surface area contributed by atoms with Gasteiger partial charge in [-0.3, -0.25) is 38.4 Å². The molecule has 24 heteroatoms. The fraction of sp³-hybridized carbons (Fsp3) is 0.486. The SMILES string of the molecule is C=CC(=O)OCC(C)(C)COC(=O)CCC(=O)COCc1ccc(OC(=O)C2CCC(C(=O)Oc3cc(C(C)(C)C)c(OC(=O)C4CCC(C(=O)Oc5ccc(CCOC(=O)CCC(=O)OCC(C)(C)COC(=O)C=C)cc5)CC4)c4c3SC(=C(C#N)C#N)S4)CC2)cc1. The fourth-order valence-electron chi connectivity index (χ4n) is 9.82. The minimum atomic E-state index is -0.685. The first kappa shape index (κ1) is 74.5. The molecule has 0 N–H and O–H groups in total. The number of nitrogens with zero attached hydrogens (tertiary/aromatic N) is 2. The highest BCUT2D eigenvalue weighted by molar-refractivity contribution is 8.24. The van der Waals surface area contributed by atoms with E-state index in [1.807, 2.05) is 32.9 Å². The Bertz CT molecular complexity index is 3410. The number of carbonyl (C=O) groups excluding carboxylic acids is 10. The number of ether oxygens (including phenoxy) is 10. The van der Waals surface area contributed by atoms with Crippen LogP contribution in [0.4, 0.5) is 0 Å². The van der Waals surface area contributed by atoms with Crippen LogP contribution >= 0.6 is 23.5 Å². The Labute approximate surface area is 555 Å². The van der Waals surface area contributed by atoms with Gasteiger partial charge in [0.1, 0.15) is 47.3 Å². The quantitative estimate of drug-likeness (QED) is 0.0190. The zero-order valence-electron chi connectivity index (χ0n) is 54.1. The van der Waals surface area contributed by atoms with Crippen LogP contribution in [0.25, 0.3) is 0 Å². The first-order chi connectivity index (χ1) is 44.6. The molecule has 2 fully saturated rings. The summed E-state index contributed by atoms with van der Waals surface area (Å²) in [5.41, 5.74) is -0.0646. The Kier molecular flexibility index (Phi) is 27.8. The topological polar surface area (TPSA) is 311 Å². The first-order valence-electron chi connectivity index (χ1n) is 30.9. The van der Waals surface area contributed by atoms with E-state index in [1.165, 1.54) is 0 Å². The minimum absolute atomic E-state index is 0.00573. The van der Waals surface area contributed by atoms with Crippen LogP contribution in [0.3, 0.4) is 0 Å². The summed E-state index contributed by atoms with van der Waals surface area (Å²) >= 11 is 2.14. The van der Waals surface area contributed by atoms with E-state index in [2.05, 4.69) is 13.2 Å². The van der Waals surface area contributed by atoms with Gasteiger partial charge in [-0.2, -0.15) is 10.5 Å². The molecule has 3 aliphatic rings. The maximum atomic E-state index is 14.2. The average molecular weight is 1330 g/mol. The van der Waals surface area contributed by atoms with Crippen LogP contribution in [-0.4, -0.2) is 99.1 Å². The maximum absolute atomic E-state index is 14.2. The van der Waals surface area contributed by atoms with Crippen molar-refractivity contribution in [2.75, 3.05) is 39.6 Å². The number of ketones is 1. The molecule has 22 nitrogen and oxygen atoms in total. The lowest BCUT2D eigenvalue weighted by Crippen LogP contribution is -2.31. The van der Waals surface area contributed by atoms with Crippen molar-refractivity contribution in [2.45, 2.75) is 154 Å². The van der Waals surface area contributed by atoms with Gasteiger partial charge in [0.05, 0.1) is 96.6 Å². The van der Waals surface area contributed by atoms with Crippen LogP contribution in [0.2, 0.25) is 0 Å². The smallest absolute Gasteiger partial charge is 0.330 e. The van der Waals surface area contributed by atoms with Crippen molar-refractivity contribution in [3.8, 4) is 35.1 Å². The van der Waals surface area contributed by atoms with Gasteiger partial charge in [0.15, 0.2) is 5.78 Å². The number of carbonyl (C=O) groups is 10. The second kappa shape index (κ2) is 35.1. The second-order valence-electron chi connectivity index (χ2n) is 25.6. The van der Waals surface area contributed by atoms with Crippen molar-refractivity contribution in [3.63, 3.8) is 0 Å².